The van der Waals surface area contributed by atoms with E-state index in [0.29, 0.717) is 6.07 Å². The van der Waals surface area contributed by atoms with E-state index in [1.807, 2.05) is 0 Å². The van der Waals surface area contributed by atoms with Crippen molar-refractivity contribution < 1.29 is 18.7 Å². The number of carbonyl (C=O) groups is 1. The van der Waals surface area contributed by atoms with E-state index in [4.69, 9.17) is 10.8 Å². The molecule has 0 radical (unpaired) electrons. The molecular weight excluding hydrogens is 182 g/mol. The molecule has 1 unspecified atom stereocenters. The van der Waals surface area contributed by atoms with Crippen LogP contribution in [0.25, 0.3) is 0 Å². The quantitative estimate of drug-likeness (QED) is 0.660. The molecule has 0 saturated heterocycles. The Kier molecular flexibility index (Phi) is 2.52. The average molecular weight is 188 g/mol. The number of hydrogen-bond acceptors (Lipinski definition) is 3. The normalized spacial score (nSPS) is 12.5. The van der Waals surface area contributed by atoms with E-state index in [2.05, 4.69) is 4.98 Å². The van der Waals surface area contributed by atoms with Crippen molar-refractivity contribution in [2.24, 2.45) is 5.73 Å². The molecule has 1 aromatic heterocycles. The van der Waals surface area contributed by atoms with Crippen molar-refractivity contribution in [3.8, 4) is 0 Å². The van der Waals surface area contributed by atoms with Gasteiger partial charge in [0.15, 0.2) is 5.82 Å². The van der Waals surface area contributed by atoms with Gasteiger partial charge in [0.2, 0.25) is 5.95 Å². The summed E-state index contributed by atoms with van der Waals surface area (Å²) in [6.45, 7) is 0. The first-order valence-corrected chi connectivity index (χ1v) is 3.31. The van der Waals surface area contributed by atoms with Crippen LogP contribution in [-0.4, -0.2) is 16.1 Å². The van der Waals surface area contributed by atoms with Crippen LogP contribution in [0, 0.1) is 11.8 Å². The van der Waals surface area contributed by atoms with Gasteiger partial charge in [0.05, 0.1) is 0 Å². The van der Waals surface area contributed by atoms with Crippen molar-refractivity contribution in [2.75, 3.05) is 0 Å². The summed E-state index contributed by atoms with van der Waals surface area (Å²) < 4.78 is 24.8. The summed E-state index contributed by atoms with van der Waals surface area (Å²) >= 11 is 0. The molecule has 0 amide bonds. The van der Waals surface area contributed by atoms with Crippen LogP contribution in [0.2, 0.25) is 0 Å². The van der Waals surface area contributed by atoms with Gasteiger partial charge < -0.3 is 10.8 Å². The molecule has 6 heteroatoms. The monoisotopic (exact) mass is 188 g/mol. The Balaban J connectivity index is 3.03. The molecule has 0 fully saturated rings. The van der Waals surface area contributed by atoms with E-state index < -0.39 is 23.8 Å². The van der Waals surface area contributed by atoms with Gasteiger partial charge in [0.25, 0.3) is 0 Å². The van der Waals surface area contributed by atoms with Gasteiger partial charge in [-0.3, -0.25) is 4.79 Å². The number of nitrogens with zero attached hydrogens (tertiary/aromatic N) is 1. The molecule has 1 atom stereocenters. The second-order valence-corrected chi connectivity index (χ2v) is 2.36. The summed E-state index contributed by atoms with van der Waals surface area (Å²) in [5.74, 6) is -3.82. The number of hydrogen-bond donors (Lipinski definition) is 2. The molecule has 1 rings (SSSR count). The fourth-order valence-corrected chi connectivity index (χ4v) is 0.749. The third-order valence-electron chi connectivity index (χ3n) is 1.44. The minimum Gasteiger partial charge on any atom is -0.480 e. The molecular formula is C7H6F2N2O2. The predicted octanol–water partition coefficient (Wildman–Crippen LogP) is 0.444. The lowest BCUT2D eigenvalue weighted by atomic mass is 10.1. The molecule has 4 nitrogen and oxygen atoms in total. The first-order valence-electron chi connectivity index (χ1n) is 3.31. The summed E-state index contributed by atoms with van der Waals surface area (Å²) in [4.78, 5) is 13.3. The van der Waals surface area contributed by atoms with Crippen LogP contribution < -0.4 is 5.73 Å². The first-order chi connectivity index (χ1) is 6.02. The Bertz CT molecular complexity index is 343. The van der Waals surface area contributed by atoms with Crippen molar-refractivity contribution in [3.63, 3.8) is 0 Å². The van der Waals surface area contributed by atoms with Crippen LogP contribution in [0.3, 0.4) is 0 Å². The second kappa shape index (κ2) is 3.44. The van der Waals surface area contributed by atoms with Gasteiger partial charge in [0.1, 0.15) is 6.04 Å². The van der Waals surface area contributed by atoms with Crippen molar-refractivity contribution in [1.29, 1.82) is 0 Å². The third kappa shape index (κ3) is 1.97. The summed E-state index contributed by atoms with van der Waals surface area (Å²) in [6.07, 6.45) is 0.886. The number of aromatic nitrogens is 1. The van der Waals surface area contributed by atoms with Crippen LogP contribution in [0.1, 0.15) is 11.6 Å². The third-order valence-corrected chi connectivity index (χ3v) is 1.44. The highest BCUT2D eigenvalue weighted by Gasteiger charge is 2.16. The van der Waals surface area contributed by atoms with Gasteiger partial charge in [-0.05, 0) is 6.07 Å². The molecule has 0 aliphatic carbocycles. The van der Waals surface area contributed by atoms with Gasteiger partial charge in [-0.1, -0.05) is 0 Å². The molecule has 1 aromatic rings. The lowest BCUT2D eigenvalue weighted by Gasteiger charge is -2.05. The Labute approximate surface area is 72.0 Å². The van der Waals surface area contributed by atoms with Crippen molar-refractivity contribution >= 4 is 5.97 Å². The van der Waals surface area contributed by atoms with E-state index in [1.165, 1.54) is 0 Å². The Hall–Kier alpha value is -1.56. The van der Waals surface area contributed by atoms with E-state index >= 15 is 0 Å². The first kappa shape index (κ1) is 9.53. The number of halogens is 2. The van der Waals surface area contributed by atoms with E-state index in [-0.39, 0.29) is 5.56 Å². The van der Waals surface area contributed by atoms with E-state index in [9.17, 15) is 13.6 Å². The van der Waals surface area contributed by atoms with Crippen molar-refractivity contribution in [2.45, 2.75) is 6.04 Å². The van der Waals surface area contributed by atoms with Crippen molar-refractivity contribution in [3.05, 3.63) is 29.6 Å². The van der Waals surface area contributed by atoms with Crippen LogP contribution >= 0.6 is 0 Å². The largest absolute Gasteiger partial charge is 0.480 e. The maximum atomic E-state index is 12.5. The standard InChI is InChI=1S/C7H6F2N2O2/c8-4-1-3(2-11-6(4)9)5(10)7(12)13/h1-2,5H,10H2,(H,12,13). The van der Waals surface area contributed by atoms with Gasteiger partial charge >= 0.3 is 5.97 Å². The van der Waals surface area contributed by atoms with Crippen LogP contribution in [0.5, 0.6) is 0 Å². The minimum absolute atomic E-state index is 0.0774. The molecule has 0 saturated carbocycles. The fourth-order valence-electron chi connectivity index (χ4n) is 0.749. The molecule has 0 spiro atoms. The summed E-state index contributed by atoms with van der Waals surface area (Å²) in [7, 11) is 0. The zero-order valence-electron chi connectivity index (χ0n) is 6.37. The number of pyridine rings is 1. The Morgan fingerprint density at radius 1 is 1.62 bits per heavy atom. The van der Waals surface area contributed by atoms with Crippen LogP contribution in [0.15, 0.2) is 12.3 Å². The molecule has 0 aliphatic heterocycles. The highest BCUT2D eigenvalue weighted by molar-refractivity contribution is 5.74. The molecule has 1 heterocycles. The molecule has 13 heavy (non-hydrogen) atoms. The zero-order valence-corrected chi connectivity index (χ0v) is 6.37. The summed E-state index contributed by atoms with van der Waals surface area (Å²) in [6, 6.07) is -0.677. The zero-order chi connectivity index (χ0) is 10.0. The smallest absolute Gasteiger partial charge is 0.325 e. The van der Waals surface area contributed by atoms with E-state index in [1.54, 1.807) is 0 Å². The van der Waals surface area contributed by atoms with Gasteiger partial charge in [-0.25, -0.2) is 9.37 Å². The second-order valence-electron chi connectivity index (χ2n) is 2.36. The number of carboxylic acids is 1. The topological polar surface area (TPSA) is 76.2 Å². The molecule has 0 aliphatic rings. The summed E-state index contributed by atoms with van der Waals surface area (Å²) in [5, 5.41) is 8.43. The lowest BCUT2D eigenvalue weighted by molar-refractivity contribution is -0.138. The minimum atomic E-state index is -1.39. The predicted molar refractivity (Wildman–Crippen MR) is 38.7 cm³/mol. The maximum absolute atomic E-state index is 12.5. The Morgan fingerprint density at radius 3 is 2.69 bits per heavy atom. The van der Waals surface area contributed by atoms with Crippen LogP contribution in [0.4, 0.5) is 8.78 Å². The Morgan fingerprint density at radius 2 is 2.23 bits per heavy atom. The molecule has 0 bridgehead atoms. The lowest BCUT2D eigenvalue weighted by Crippen LogP contribution is -2.21. The SMILES string of the molecule is NC(C(=O)O)c1cnc(F)c(F)c1. The number of rotatable bonds is 2. The number of nitrogens with two attached hydrogens (primary N) is 1. The number of aliphatic carboxylic acids is 1. The maximum Gasteiger partial charge on any atom is 0.325 e. The highest BCUT2D eigenvalue weighted by Crippen LogP contribution is 2.12. The van der Waals surface area contributed by atoms with E-state index in [0.717, 1.165) is 6.20 Å². The van der Waals surface area contributed by atoms with Crippen LogP contribution in [-0.2, 0) is 4.79 Å². The number of carboxylic acid groups (broad SMARTS) is 1. The molecule has 3 N–H and O–H groups in total. The average Bonchev–Trinajstić information content (AvgIpc) is 2.08. The van der Waals surface area contributed by atoms with Crippen molar-refractivity contribution in [1.82, 2.24) is 4.98 Å². The summed E-state index contributed by atoms with van der Waals surface area (Å²) in [5.41, 5.74) is 5.05. The van der Waals surface area contributed by atoms with Gasteiger partial charge in [0, 0.05) is 11.8 Å². The molecule has 0 aromatic carbocycles. The highest BCUT2D eigenvalue weighted by atomic mass is 19.2. The van der Waals surface area contributed by atoms with Gasteiger partial charge in [-0.2, -0.15) is 4.39 Å². The molecule has 70 valence electrons. The fraction of sp³-hybridized carbons (Fsp3) is 0.143. The van der Waals surface area contributed by atoms with Gasteiger partial charge in [-0.15, -0.1) is 0 Å².